The summed E-state index contributed by atoms with van der Waals surface area (Å²) < 4.78 is 0. The SMILES string of the molecule is O=C([O-])c1ccccc1O.O=C([O-])c1ccccc1O.O=C([O-])c1ccccc1O.O=C([O-])c1ccccc1O.[Cu+2].[Pb+2]. The molecule has 14 heteroatoms. The zero-order valence-electron chi connectivity index (χ0n) is 21.1. The van der Waals surface area contributed by atoms with E-state index in [0.717, 1.165) is 0 Å². The van der Waals surface area contributed by atoms with Crippen LogP contribution in [0.1, 0.15) is 41.4 Å². The first kappa shape index (κ1) is 39.5. The van der Waals surface area contributed by atoms with Crippen LogP contribution in [-0.2, 0) is 17.1 Å². The van der Waals surface area contributed by atoms with Crippen LogP contribution in [0.4, 0.5) is 0 Å². The Hall–Kier alpha value is -4.60. The summed E-state index contributed by atoms with van der Waals surface area (Å²) in [6.07, 6.45) is 0. The van der Waals surface area contributed by atoms with E-state index in [-0.39, 0.29) is 89.6 Å². The Morgan fingerprint density at radius 3 is 0.619 bits per heavy atom. The predicted octanol–water partition coefficient (Wildman–Crippen LogP) is -1.36. The number of phenols is 4. The fourth-order valence-electron chi connectivity index (χ4n) is 2.59. The van der Waals surface area contributed by atoms with Crippen molar-refractivity contribution in [3.8, 4) is 23.0 Å². The van der Waals surface area contributed by atoms with Crippen LogP contribution in [0.25, 0.3) is 0 Å². The standard InChI is InChI=1S/4C7H6O3.Cu.Pb/c4*8-6-4-2-1-3-5(6)7(9)10;;/h4*1-4,8H,(H,9,10);;/q;;;;2*+2/p-4. The van der Waals surface area contributed by atoms with Gasteiger partial charge in [0.1, 0.15) is 23.0 Å². The van der Waals surface area contributed by atoms with E-state index in [9.17, 15) is 39.6 Å². The molecule has 0 bridgehead atoms. The van der Waals surface area contributed by atoms with Gasteiger partial charge in [0.25, 0.3) is 0 Å². The van der Waals surface area contributed by atoms with Crippen LogP contribution in [0, 0.1) is 0 Å². The number of hydrogen-bond donors (Lipinski definition) is 4. The second kappa shape index (κ2) is 20.3. The van der Waals surface area contributed by atoms with Crippen LogP contribution in [0.5, 0.6) is 23.0 Å². The van der Waals surface area contributed by atoms with E-state index < -0.39 is 23.9 Å². The maximum absolute atomic E-state index is 10.2. The van der Waals surface area contributed by atoms with Crippen molar-refractivity contribution in [2.24, 2.45) is 0 Å². The summed E-state index contributed by atoms with van der Waals surface area (Å²) in [5, 5.41) is 76.0. The molecule has 42 heavy (non-hydrogen) atoms. The summed E-state index contributed by atoms with van der Waals surface area (Å²) in [6, 6.07) is 22.6. The van der Waals surface area contributed by atoms with Gasteiger partial charge in [-0.1, -0.05) is 48.5 Å². The van der Waals surface area contributed by atoms with E-state index in [1.807, 2.05) is 0 Å². The van der Waals surface area contributed by atoms with Crippen molar-refractivity contribution < 1.29 is 77.1 Å². The van der Waals surface area contributed by atoms with Gasteiger partial charge in [0.15, 0.2) is 0 Å². The summed E-state index contributed by atoms with van der Waals surface area (Å²) in [6.45, 7) is 0. The number of carbonyl (C=O) groups excluding carboxylic acids is 4. The fourth-order valence-corrected chi connectivity index (χ4v) is 2.59. The van der Waals surface area contributed by atoms with Gasteiger partial charge >= 0.3 is 44.4 Å². The first-order chi connectivity index (χ1) is 18.9. The molecule has 0 saturated heterocycles. The topological polar surface area (TPSA) is 241 Å². The molecular weight excluding hydrogens is 799 g/mol. The number of aromatic hydroxyl groups is 4. The molecule has 0 unspecified atom stereocenters. The van der Waals surface area contributed by atoms with Crippen LogP contribution >= 0.6 is 0 Å². The molecule has 0 fully saturated rings. The second-order valence-electron chi connectivity index (χ2n) is 7.22. The van der Waals surface area contributed by atoms with Crippen LogP contribution in [0.15, 0.2) is 97.1 Å². The maximum Gasteiger partial charge on any atom is 2.00 e. The van der Waals surface area contributed by atoms with Gasteiger partial charge in [-0.05, 0) is 48.5 Å². The second-order valence-corrected chi connectivity index (χ2v) is 7.22. The van der Waals surface area contributed by atoms with Gasteiger partial charge in [0.05, 0.1) is 23.9 Å². The largest absolute Gasteiger partial charge is 2.00 e. The van der Waals surface area contributed by atoms with Gasteiger partial charge in [0, 0.05) is 22.3 Å². The molecular formula is C28H20CuO12Pb. The third-order valence-corrected chi connectivity index (χ3v) is 4.50. The van der Waals surface area contributed by atoms with Crippen LogP contribution in [-0.4, -0.2) is 71.6 Å². The molecule has 0 saturated carbocycles. The third kappa shape index (κ3) is 13.7. The van der Waals surface area contributed by atoms with Crippen molar-refractivity contribution in [2.75, 3.05) is 0 Å². The van der Waals surface area contributed by atoms with Crippen LogP contribution in [0.3, 0.4) is 0 Å². The molecule has 219 valence electrons. The van der Waals surface area contributed by atoms with Gasteiger partial charge < -0.3 is 60.0 Å². The number of para-hydroxylation sites is 4. The summed E-state index contributed by atoms with van der Waals surface area (Å²) >= 11 is 0. The van der Waals surface area contributed by atoms with E-state index in [2.05, 4.69) is 0 Å². The molecule has 12 nitrogen and oxygen atoms in total. The van der Waals surface area contributed by atoms with Crippen molar-refractivity contribution in [3.63, 3.8) is 0 Å². The molecule has 0 aliphatic carbocycles. The minimum absolute atomic E-state index is 0. The van der Waals surface area contributed by atoms with Gasteiger partial charge in [-0.15, -0.1) is 0 Å². The Morgan fingerprint density at radius 2 is 0.524 bits per heavy atom. The third-order valence-electron chi connectivity index (χ3n) is 4.50. The Morgan fingerprint density at radius 1 is 0.381 bits per heavy atom. The van der Waals surface area contributed by atoms with E-state index in [1.54, 1.807) is 24.3 Å². The van der Waals surface area contributed by atoms with E-state index in [4.69, 9.17) is 20.4 Å². The first-order valence-electron chi connectivity index (χ1n) is 10.8. The number of rotatable bonds is 4. The smallest absolute Gasteiger partial charge is 0.545 e. The number of benzene rings is 4. The summed E-state index contributed by atoms with van der Waals surface area (Å²) in [5.41, 5.74) is -0.713. The molecule has 4 aromatic rings. The molecule has 0 spiro atoms. The molecule has 0 amide bonds. The van der Waals surface area contributed by atoms with Crippen molar-refractivity contribution in [1.82, 2.24) is 0 Å². The van der Waals surface area contributed by atoms with Crippen LogP contribution < -0.4 is 20.4 Å². The molecule has 3 radical (unpaired) electrons. The summed E-state index contributed by atoms with van der Waals surface area (Å²) in [4.78, 5) is 40.6. The molecule has 0 heterocycles. The Balaban J connectivity index is 0. The molecule has 0 aliphatic rings. The number of carboxylic acid groups (broad SMARTS) is 4. The fraction of sp³-hybridized carbons (Fsp3) is 0. The van der Waals surface area contributed by atoms with Crippen molar-refractivity contribution >= 4 is 51.2 Å². The molecule has 4 aromatic carbocycles. The average Bonchev–Trinajstić information content (AvgIpc) is 2.90. The molecule has 4 N–H and O–H groups in total. The maximum atomic E-state index is 10.2. The first-order valence-corrected chi connectivity index (χ1v) is 10.8. The van der Waals surface area contributed by atoms with Gasteiger partial charge in [0.2, 0.25) is 0 Å². The Kier molecular flexibility index (Phi) is 19.1. The normalized spacial score (nSPS) is 8.76. The van der Waals surface area contributed by atoms with Gasteiger partial charge in [-0.25, -0.2) is 0 Å². The van der Waals surface area contributed by atoms with Crippen molar-refractivity contribution in [1.29, 1.82) is 0 Å². The zero-order valence-corrected chi connectivity index (χ0v) is 25.9. The van der Waals surface area contributed by atoms with E-state index >= 15 is 0 Å². The van der Waals surface area contributed by atoms with Crippen LogP contribution in [0.2, 0.25) is 0 Å². The Labute approximate surface area is 269 Å². The number of carboxylic acids is 4. The van der Waals surface area contributed by atoms with E-state index in [1.165, 1.54) is 72.8 Å². The average molecular weight is 819 g/mol. The van der Waals surface area contributed by atoms with Crippen molar-refractivity contribution in [3.05, 3.63) is 119 Å². The van der Waals surface area contributed by atoms with Crippen molar-refractivity contribution in [2.45, 2.75) is 0 Å². The summed E-state index contributed by atoms with van der Waals surface area (Å²) in [7, 11) is 0. The van der Waals surface area contributed by atoms with E-state index in [0.29, 0.717) is 0 Å². The molecule has 0 aliphatic heterocycles. The monoisotopic (exact) mass is 819 g/mol. The minimum atomic E-state index is -1.36. The number of hydrogen-bond acceptors (Lipinski definition) is 12. The minimum Gasteiger partial charge on any atom is -0.545 e. The quantitative estimate of drug-likeness (QED) is 0.175. The molecule has 4 rings (SSSR count). The van der Waals surface area contributed by atoms with Gasteiger partial charge in [-0.3, -0.25) is 0 Å². The van der Waals surface area contributed by atoms with Gasteiger partial charge in [-0.2, -0.15) is 0 Å². The summed E-state index contributed by atoms with van der Waals surface area (Å²) in [5.74, 6) is -6.50. The number of carbonyl (C=O) groups is 4. The number of aromatic carboxylic acids is 4. The molecule has 0 atom stereocenters. The predicted molar refractivity (Wildman–Crippen MR) is 136 cm³/mol. The molecule has 0 aromatic heterocycles. The zero-order chi connectivity index (χ0) is 30.2. The Bertz CT molecular complexity index is 1250.